The first kappa shape index (κ1) is 12.1. The molecule has 0 saturated heterocycles. The quantitative estimate of drug-likeness (QED) is 0.653. The van der Waals surface area contributed by atoms with Gasteiger partial charge in [0.2, 0.25) is 5.91 Å². The molecule has 1 aliphatic rings. The van der Waals surface area contributed by atoms with E-state index in [2.05, 4.69) is 9.73 Å². The summed E-state index contributed by atoms with van der Waals surface area (Å²) in [5.74, 6) is -5.89. The van der Waals surface area contributed by atoms with E-state index < -0.39 is 35.7 Å². The number of methoxy groups -OCH3 is 1. The van der Waals surface area contributed by atoms with E-state index in [1.165, 1.54) is 5.32 Å². The van der Waals surface area contributed by atoms with Crippen LogP contribution in [0.25, 0.3) is 0 Å². The van der Waals surface area contributed by atoms with Crippen LogP contribution < -0.4 is 5.32 Å². The molecule has 0 spiro atoms. The standard InChI is InChI=1S/C7H5F3N2O4/c1-16-5(14)3-2(7(8,9)10)4(13)12-6(15)11-3/h2H,1H3,(H,12,13,15). The van der Waals surface area contributed by atoms with Gasteiger partial charge in [-0.1, -0.05) is 0 Å². The highest BCUT2D eigenvalue weighted by molar-refractivity contribution is 6.44. The van der Waals surface area contributed by atoms with Gasteiger partial charge in [0.05, 0.1) is 7.11 Å². The third kappa shape index (κ3) is 2.18. The predicted octanol–water partition coefficient (Wildman–Crippen LogP) is 0.0287. The molecule has 1 aliphatic heterocycles. The maximum atomic E-state index is 12.4. The second-order valence-corrected chi connectivity index (χ2v) is 2.76. The highest BCUT2D eigenvalue weighted by Crippen LogP contribution is 2.29. The van der Waals surface area contributed by atoms with Gasteiger partial charge in [-0.05, 0) is 0 Å². The van der Waals surface area contributed by atoms with Crippen molar-refractivity contribution < 1.29 is 32.3 Å². The lowest BCUT2D eigenvalue weighted by molar-refractivity contribution is -0.170. The summed E-state index contributed by atoms with van der Waals surface area (Å²) < 4.78 is 41.2. The molecule has 0 aromatic rings. The number of alkyl halides is 3. The molecule has 1 N–H and O–H groups in total. The smallest absolute Gasteiger partial charge is 0.406 e. The zero-order chi connectivity index (χ0) is 12.5. The Morgan fingerprint density at radius 2 is 2.00 bits per heavy atom. The molecule has 16 heavy (non-hydrogen) atoms. The van der Waals surface area contributed by atoms with Gasteiger partial charge in [0, 0.05) is 0 Å². The lowest BCUT2D eigenvalue weighted by atomic mass is 10.0. The molecular weight excluding hydrogens is 233 g/mol. The molecule has 1 atom stereocenters. The van der Waals surface area contributed by atoms with Crippen LogP contribution in [0.15, 0.2) is 4.99 Å². The molecule has 88 valence electrons. The molecule has 0 radical (unpaired) electrons. The number of aliphatic imine (C=N–C) groups is 1. The fourth-order valence-corrected chi connectivity index (χ4v) is 1.08. The summed E-state index contributed by atoms with van der Waals surface area (Å²) >= 11 is 0. The summed E-state index contributed by atoms with van der Waals surface area (Å²) in [5, 5.41) is 1.35. The minimum absolute atomic E-state index is 0.815. The maximum Gasteiger partial charge on any atom is 0.406 e. The summed E-state index contributed by atoms with van der Waals surface area (Å²) in [6.45, 7) is 0. The van der Waals surface area contributed by atoms with E-state index in [0.717, 1.165) is 7.11 Å². The molecular formula is C7H5F3N2O4. The number of imide groups is 1. The van der Waals surface area contributed by atoms with Gasteiger partial charge in [0.1, 0.15) is 0 Å². The molecule has 0 aromatic carbocycles. The number of carbonyl (C=O) groups excluding carboxylic acids is 3. The number of hydrogen-bond donors (Lipinski definition) is 1. The molecule has 9 heteroatoms. The normalized spacial score (nSPS) is 21.2. The second-order valence-electron chi connectivity index (χ2n) is 2.76. The van der Waals surface area contributed by atoms with Gasteiger partial charge in [-0.2, -0.15) is 18.2 Å². The minimum atomic E-state index is -5.02. The van der Waals surface area contributed by atoms with Crippen LogP contribution in [0.2, 0.25) is 0 Å². The third-order valence-electron chi connectivity index (χ3n) is 1.71. The van der Waals surface area contributed by atoms with Gasteiger partial charge in [-0.25, -0.2) is 9.59 Å². The van der Waals surface area contributed by atoms with E-state index in [0.29, 0.717) is 0 Å². The van der Waals surface area contributed by atoms with Crippen LogP contribution in [0.5, 0.6) is 0 Å². The van der Waals surface area contributed by atoms with Crippen molar-refractivity contribution in [3.05, 3.63) is 0 Å². The zero-order valence-electron chi connectivity index (χ0n) is 7.79. The fourth-order valence-electron chi connectivity index (χ4n) is 1.08. The van der Waals surface area contributed by atoms with Crippen molar-refractivity contribution in [1.82, 2.24) is 5.32 Å². The number of urea groups is 1. The fraction of sp³-hybridized carbons (Fsp3) is 0.429. The maximum absolute atomic E-state index is 12.4. The Kier molecular flexibility index (Phi) is 2.97. The number of hydrogen-bond acceptors (Lipinski definition) is 4. The Hall–Kier alpha value is -1.93. The van der Waals surface area contributed by atoms with Gasteiger partial charge in [0.25, 0.3) is 0 Å². The number of rotatable bonds is 1. The highest BCUT2D eigenvalue weighted by Gasteiger charge is 2.53. The minimum Gasteiger partial charge on any atom is -0.465 e. The van der Waals surface area contributed by atoms with Crippen molar-refractivity contribution in [3.63, 3.8) is 0 Å². The van der Waals surface area contributed by atoms with E-state index in [9.17, 15) is 27.6 Å². The molecule has 0 fully saturated rings. The first-order valence-corrected chi connectivity index (χ1v) is 3.85. The Bertz CT molecular complexity index is 388. The molecule has 0 bridgehead atoms. The molecule has 0 saturated carbocycles. The Labute approximate surface area is 86.5 Å². The van der Waals surface area contributed by atoms with Crippen molar-refractivity contribution in [3.8, 4) is 0 Å². The van der Waals surface area contributed by atoms with Gasteiger partial charge in [0.15, 0.2) is 11.6 Å². The average Bonchev–Trinajstić information content (AvgIpc) is 2.12. The highest BCUT2D eigenvalue weighted by atomic mass is 19.4. The number of amides is 3. The molecule has 0 aromatic heterocycles. The number of halogens is 3. The van der Waals surface area contributed by atoms with Crippen LogP contribution in [0.4, 0.5) is 18.0 Å². The monoisotopic (exact) mass is 238 g/mol. The van der Waals surface area contributed by atoms with Crippen LogP contribution in [0.1, 0.15) is 0 Å². The van der Waals surface area contributed by atoms with Crippen molar-refractivity contribution in [2.24, 2.45) is 10.9 Å². The van der Waals surface area contributed by atoms with Crippen LogP contribution in [-0.2, 0) is 14.3 Å². The van der Waals surface area contributed by atoms with Crippen molar-refractivity contribution >= 4 is 23.6 Å². The number of nitrogens with one attached hydrogen (secondary N) is 1. The number of esters is 1. The predicted molar refractivity (Wildman–Crippen MR) is 42.5 cm³/mol. The van der Waals surface area contributed by atoms with Crippen LogP contribution >= 0.6 is 0 Å². The first-order chi connectivity index (χ1) is 7.27. The number of carbonyl (C=O) groups is 3. The first-order valence-electron chi connectivity index (χ1n) is 3.85. The molecule has 1 unspecified atom stereocenters. The lowest BCUT2D eigenvalue weighted by Gasteiger charge is -2.22. The van der Waals surface area contributed by atoms with Crippen LogP contribution in [0, 0.1) is 5.92 Å². The van der Waals surface area contributed by atoms with E-state index in [1.807, 2.05) is 0 Å². The summed E-state index contributed by atoms with van der Waals surface area (Å²) in [6, 6.07) is -1.33. The molecule has 6 nitrogen and oxygen atoms in total. The van der Waals surface area contributed by atoms with Crippen LogP contribution in [0.3, 0.4) is 0 Å². The topological polar surface area (TPSA) is 84.8 Å². The van der Waals surface area contributed by atoms with Gasteiger partial charge < -0.3 is 4.74 Å². The lowest BCUT2D eigenvalue weighted by Crippen LogP contribution is -2.52. The number of ether oxygens (including phenoxy) is 1. The van der Waals surface area contributed by atoms with E-state index in [1.54, 1.807) is 0 Å². The SMILES string of the molecule is COC(=O)C1=NC(=O)NC(=O)C1C(F)(F)F. The Morgan fingerprint density at radius 1 is 1.44 bits per heavy atom. The molecule has 1 rings (SSSR count). The van der Waals surface area contributed by atoms with Gasteiger partial charge in [-0.3, -0.25) is 10.1 Å². The van der Waals surface area contributed by atoms with Crippen molar-refractivity contribution in [2.75, 3.05) is 7.11 Å². The van der Waals surface area contributed by atoms with Crippen molar-refractivity contribution in [1.29, 1.82) is 0 Å². The van der Waals surface area contributed by atoms with E-state index >= 15 is 0 Å². The molecule has 3 amide bonds. The van der Waals surface area contributed by atoms with E-state index in [4.69, 9.17) is 0 Å². The van der Waals surface area contributed by atoms with E-state index in [-0.39, 0.29) is 0 Å². The zero-order valence-corrected chi connectivity index (χ0v) is 7.79. The molecule has 0 aliphatic carbocycles. The van der Waals surface area contributed by atoms with Gasteiger partial charge in [-0.15, -0.1) is 0 Å². The summed E-state index contributed by atoms with van der Waals surface area (Å²) in [6.07, 6.45) is -5.02. The number of nitrogens with zero attached hydrogens (tertiary/aromatic N) is 1. The summed E-state index contributed by atoms with van der Waals surface area (Å²) in [4.78, 5) is 35.4. The Balaban J connectivity index is 3.21. The summed E-state index contributed by atoms with van der Waals surface area (Å²) in [7, 11) is 0.815. The molecule has 1 heterocycles. The van der Waals surface area contributed by atoms with Crippen LogP contribution in [-0.4, -0.2) is 36.9 Å². The second kappa shape index (κ2) is 3.91. The largest absolute Gasteiger partial charge is 0.465 e. The van der Waals surface area contributed by atoms with Gasteiger partial charge >= 0.3 is 18.2 Å². The Morgan fingerprint density at radius 3 is 2.44 bits per heavy atom. The van der Waals surface area contributed by atoms with Crippen molar-refractivity contribution in [2.45, 2.75) is 6.18 Å². The average molecular weight is 238 g/mol. The summed E-state index contributed by atoms with van der Waals surface area (Å²) in [5.41, 5.74) is -1.26. The third-order valence-corrected chi connectivity index (χ3v) is 1.71.